The van der Waals surface area contributed by atoms with Crippen molar-refractivity contribution in [3.63, 3.8) is 0 Å². The fourth-order valence-corrected chi connectivity index (χ4v) is 2.55. The van der Waals surface area contributed by atoms with E-state index in [4.69, 9.17) is 0 Å². The number of nitrogens with one attached hydrogen (secondary N) is 1. The van der Waals surface area contributed by atoms with Gasteiger partial charge in [0.15, 0.2) is 0 Å². The minimum absolute atomic E-state index is 0.252. The lowest BCUT2D eigenvalue weighted by Crippen LogP contribution is -2.24. The summed E-state index contributed by atoms with van der Waals surface area (Å²) in [5.41, 5.74) is 1.97. The molecule has 0 atom stereocenters. The molecule has 18 heavy (non-hydrogen) atoms. The highest BCUT2D eigenvalue weighted by Crippen LogP contribution is 2.27. The maximum absolute atomic E-state index is 12.3. The fraction of sp³-hybridized carbons (Fsp3) is 0.538. The summed E-state index contributed by atoms with van der Waals surface area (Å²) in [6.07, 6.45) is 0.199. The summed E-state index contributed by atoms with van der Waals surface area (Å²) in [4.78, 5) is 1.56. The molecule has 0 aliphatic heterocycles. The third-order valence-electron chi connectivity index (χ3n) is 3.01. The van der Waals surface area contributed by atoms with Gasteiger partial charge in [-0.2, -0.15) is 0 Å². The smallest absolute Gasteiger partial charge is 0.255 e. The Morgan fingerprint density at radius 2 is 2.17 bits per heavy atom. The van der Waals surface area contributed by atoms with Crippen LogP contribution in [0.1, 0.15) is 18.4 Å². The minimum Gasteiger partial charge on any atom is -0.368 e. The Bertz CT molecular complexity index is 408. The van der Waals surface area contributed by atoms with Crippen molar-refractivity contribution in [3.8, 4) is 0 Å². The summed E-state index contributed by atoms with van der Waals surface area (Å²) in [7, 11) is 1.67. The van der Waals surface area contributed by atoms with Crippen LogP contribution < -0.4 is 10.2 Å². The first kappa shape index (κ1) is 13.7. The molecule has 100 valence electrons. The summed E-state index contributed by atoms with van der Waals surface area (Å²) in [6.45, 7) is 0.584. The molecule has 0 amide bonds. The van der Waals surface area contributed by atoms with Crippen LogP contribution in [-0.4, -0.2) is 26.1 Å². The molecule has 0 heterocycles. The van der Waals surface area contributed by atoms with Crippen molar-refractivity contribution in [2.24, 2.45) is 0 Å². The normalized spacial score (nSPS) is 15.2. The lowest BCUT2D eigenvalue weighted by Gasteiger charge is -2.20. The third kappa shape index (κ3) is 3.92. The van der Waals surface area contributed by atoms with Crippen LogP contribution >= 0.6 is 15.9 Å². The molecule has 1 aromatic rings. The topological polar surface area (TPSA) is 15.3 Å². The Balaban J connectivity index is 1.99. The first-order valence-electron chi connectivity index (χ1n) is 6.07. The lowest BCUT2D eigenvalue weighted by atomic mass is 10.2. The van der Waals surface area contributed by atoms with Gasteiger partial charge in [-0.3, -0.25) is 0 Å². The molecule has 0 bridgehead atoms. The van der Waals surface area contributed by atoms with Crippen LogP contribution in [0.5, 0.6) is 0 Å². The summed E-state index contributed by atoms with van der Waals surface area (Å²) in [6, 6.07) is 6.53. The van der Waals surface area contributed by atoms with Gasteiger partial charge in [-0.05, 0) is 46.5 Å². The summed E-state index contributed by atoms with van der Waals surface area (Å²) in [5, 5.41) is 3.43. The van der Waals surface area contributed by atoms with E-state index in [0.29, 0.717) is 6.04 Å². The van der Waals surface area contributed by atoms with Crippen LogP contribution in [0.2, 0.25) is 0 Å². The van der Waals surface area contributed by atoms with E-state index in [0.717, 1.165) is 16.7 Å². The van der Waals surface area contributed by atoms with Crippen LogP contribution in [0.15, 0.2) is 22.7 Å². The van der Waals surface area contributed by atoms with Gasteiger partial charge in [0, 0.05) is 24.1 Å². The van der Waals surface area contributed by atoms with Gasteiger partial charge in [-0.1, -0.05) is 6.07 Å². The van der Waals surface area contributed by atoms with Gasteiger partial charge < -0.3 is 10.2 Å². The second kappa shape index (κ2) is 5.97. The molecule has 1 saturated carbocycles. The first-order chi connectivity index (χ1) is 8.56. The SMILES string of the molecule is CN(CC(F)F)c1ccc(CNC2CC2)cc1Br. The van der Waals surface area contributed by atoms with Crippen LogP contribution in [0.25, 0.3) is 0 Å². The molecule has 1 fully saturated rings. The van der Waals surface area contributed by atoms with E-state index in [9.17, 15) is 8.78 Å². The zero-order valence-corrected chi connectivity index (χ0v) is 11.9. The highest BCUT2D eigenvalue weighted by atomic mass is 79.9. The maximum atomic E-state index is 12.3. The molecule has 1 aliphatic rings. The van der Waals surface area contributed by atoms with E-state index in [1.807, 2.05) is 18.2 Å². The highest BCUT2D eigenvalue weighted by molar-refractivity contribution is 9.10. The molecule has 0 saturated heterocycles. The zero-order valence-electron chi connectivity index (χ0n) is 10.3. The maximum Gasteiger partial charge on any atom is 0.255 e. The van der Waals surface area contributed by atoms with E-state index < -0.39 is 6.43 Å². The van der Waals surface area contributed by atoms with Gasteiger partial charge in [0.2, 0.25) is 0 Å². The largest absolute Gasteiger partial charge is 0.368 e. The molecular weight excluding hydrogens is 302 g/mol. The molecule has 0 radical (unpaired) electrons. The average molecular weight is 319 g/mol. The number of hydrogen-bond acceptors (Lipinski definition) is 2. The molecule has 0 aromatic heterocycles. The molecule has 1 N–H and O–H groups in total. The molecule has 2 nitrogen and oxygen atoms in total. The molecular formula is C13H17BrF2N2. The predicted molar refractivity (Wildman–Crippen MR) is 73.3 cm³/mol. The van der Waals surface area contributed by atoms with E-state index in [2.05, 4.69) is 21.2 Å². The van der Waals surface area contributed by atoms with E-state index in [1.165, 1.54) is 18.4 Å². The second-order valence-corrected chi connectivity index (χ2v) is 5.57. The molecule has 5 heteroatoms. The van der Waals surface area contributed by atoms with Crippen LogP contribution in [0, 0.1) is 0 Å². The summed E-state index contributed by atoms with van der Waals surface area (Å²) in [5.74, 6) is 0. The Morgan fingerprint density at radius 3 is 2.72 bits per heavy atom. The number of rotatable bonds is 6. The predicted octanol–water partition coefficient (Wildman–Crippen LogP) is 3.40. The quantitative estimate of drug-likeness (QED) is 0.864. The number of benzene rings is 1. The second-order valence-electron chi connectivity index (χ2n) is 4.71. The van der Waals surface area contributed by atoms with Gasteiger partial charge in [-0.15, -0.1) is 0 Å². The van der Waals surface area contributed by atoms with Crippen LogP contribution in [0.4, 0.5) is 14.5 Å². The standard InChI is InChI=1S/C13H17BrF2N2/c1-18(8-13(15)16)12-5-2-9(6-11(12)14)7-17-10-3-4-10/h2,5-6,10,13,17H,3-4,7-8H2,1H3. The van der Waals surface area contributed by atoms with Crippen molar-refractivity contribution < 1.29 is 8.78 Å². The number of anilines is 1. The van der Waals surface area contributed by atoms with Crippen molar-refractivity contribution in [1.82, 2.24) is 5.32 Å². The lowest BCUT2D eigenvalue weighted by molar-refractivity contribution is 0.156. The molecule has 2 rings (SSSR count). The summed E-state index contributed by atoms with van der Waals surface area (Å²) >= 11 is 3.45. The van der Waals surface area contributed by atoms with E-state index >= 15 is 0 Å². The van der Waals surface area contributed by atoms with Crippen molar-refractivity contribution in [1.29, 1.82) is 0 Å². The first-order valence-corrected chi connectivity index (χ1v) is 6.86. The molecule has 0 unspecified atom stereocenters. The number of nitrogens with zero attached hydrogens (tertiary/aromatic N) is 1. The Morgan fingerprint density at radius 1 is 1.44 bits per heavy atom. The van der Waals surface area contributed by atoms with Gasteiger partial charge in [0.1, 0.15) is 0 Å². The minimum atomic E-state index is -2.32. The van der Waals surface area contributed by atoms with E-state index in [1.54, 1.807) is 11.9 Å². The number of hydrogen-bond donors (Lipinski definition) is 1. The van der Waals surface area contributed by atoms with Gasteiger partial charge >= 0.3 is 0 Å². The summed E-state index contributed by atoms with van der Waals surface area (Å²) < 4.78 is 25.5. The third-order valence-corrected chi connectivity index (χ3v) is 3.64. The van der Waals surface area contributed by atoms with Crippen molar-refractivity contribution in [2.45, 2.75) is 31.9 Å². The van der Waals surface area contributed by atoms with Crippen molar-refractivity contribution in [2.75, 3.05) is 18.5 Å². The Kier molecular flexibility index (Phi) is 4.56. The van der Waals surface area contributed by atoms with E-state index in [-0.39, 0.29) is 6.54 Å². The Labute approximate surface area is 114 Å². The Hall–Kier alpha value is -0.680. The monoisotopic (exact) mass is 318 g/mol. The van der Waals surface area contributed by atoms with Crippen LogP contribution in [-0.2, 0) is 6.54 Å². The molecule has 0 spiro atoms. The highest BCUT2D eigenvalue weighted by Gasteiger charge is 2.20. The van der Waals surface area contributed by atoms with Gasteiger partial charge in [-0.25, -0.2) is 8.78 Å². The van der Waals surface area contributed by atoms with Gasteiger partial charge in [0.05, 0.1) is 12.2 Å². The van der Waals surface area contributed by atoms with Crippen molar-refractivity contribution >= 4 is 21.6 Å². The average Bonchev–Trinajstić information content (AvgIpc) is 3.09. The molecule has 1 aromatic carbocycles. The van der Waals surface area contributed by atoms with Crippen molar-refractivity contribution in [3.05, 3.63) is 28.2 Å². The number of alkyl halides is 2. The number of halogens is 3. The zero-order chi connectivity index (χ0) is 13.1. The van der Waals surface area contributed by atoms with Gasteiger partial charge in [0.25, 0.3) is 6.43 Å². The van der Waals surface area contributed by atoms with Crippen LogP contribution in [0.3, 0.4) is 0 Å². The fourth-order valence-electron chi connectivity index (χ4n) is 1.82. The molecule has 1 aliphatic carbocycles.